The highest BCUT2D eigenvalue weighted by Crippen LogP contribution is 2.16. The molecule has 0 saturated carbocycles. The summed E-state index contributed by atoms with van der Waals surface area (Å²) in [5.41, 5.74) is 2.41. The Balaban J connectivity index is 2.19. The van der Waals surface area contributed by atoms with Crippen molar-refractivity contribution < 1.29 is 19.4 Å². The van der Waals surface area contributed by atoms with Crippen molar-refractivity contribution in [2.24, 2.45) is 0 Å². The van der Waals surface area contributed by atoms with E-state index >= 15 is 0 Å². The van der Waals surface area contributed by atoms with E-state index < -0.39 is 5.97 Å². The minimum atomic E-state index is -0.845. The zero-order valence-electron chi connectivity index (χ0n) is 13.5. The van der Waals surface area contributed by atoms with Crippen molar-refractivity contribution in [2.75, 3.05) is 6.61 Å². The number of amides is 1. The topological polar surface area (TPSA) is 75.6 Å². The van der Waals surface area contributed by atoms with Gasteiger partial charge in [-0.3, -0.25) is 9.59 Å². The van der Waals surface area contributed by atoms with Gasteiger partial charge in [0.1, 0.15) is 5.75 Å². The molecule has 0 aliphatic rings. The highest BCUT2D eigenvalue weighted by atomic mass is 16.5. The van der Waals surface area contributed by atoms with Gasteiger partial charge in [0.15, 0.2) is 0 Å². The van der Waals surface area contributed by atoms with E-state index in [9.17, 15) is 9.59 Å². The molecule has 1 aromatic carbocycles. The highest BCUT2D eigenvalue weighted by molar-refractivity contribution is 5.76. The van der Waals surface area contributed by atoms with Gasteiger partial charge in [0.25, 0.3) is 0 Å². The molecule has 0 aliphatic heterocycles. The summed E-state index contributed by atoms with van der Waals surface area (Å²) in [5, 5.41) is 11.4. The molecule has 5 nitrogen and oxygen atoms in total. The Morgan fingerprint density at radius 1 is 1.23 bits per heavy atom. The van der Waals surface area contributed by atoms with Crippen LogP contribution in [0.4, 0.5) is 0 Å². The molecule has 122 valence electrons. The first-order valence-electron chi connectivity index (χ1n) is 7.59. The molecule has 1 amide bonds. The van der Waals surface area contributed by atoms with E-state index in [1.807, 2.05) is 32.0 Å². The Hall–Kier alpha value is -2.04. The molecule has 0 spiro atoms. The molecular weight excluding hydrogens is 282 g/mol. The van der Waals surface area contributed by atoms with E-state index in [0.29, 0.717) is 25.9 Å². The normalized spacial score (nSPS) is 11.8. The van der Waals surface area contributed by atoms with Crippen molar-refractivity contribution in [1.82, 2.24) is 5.32 Å². The Bertz CT molecular complexity index is 513. The van der Waals surface area contributed by atoms with Gasteiger partial charge >= 0.3 is 5.97 Å². The van der Waals surface area contributed by atoms with Gasteiger partial charge in [-0.25, -0.2) is 0 Å². The van der Waals surface area contributed by atoms with E-state index in [1.165, 1.54) is 11.1 Å². The van der Waals surface area contributed by atoms with Crippen molar-refractivity contribution in [3.8, 4) is 5.75 Å². The Kier molecular flexibility index (Phi) is 7.43. The van der Waals surface area contributed by atoms with Crippen LogP contribution < -0.4 is 10.1 Å². The molecule has 1 rings (SSSR count). The molecule has 1 aromatic rings. The Labute approximate surface area is 131 Å². The summed E-state index contributed by atoms with van der Waals surface area (Å²) >= 11 is 0. The van der Waals surface area contributed by atoms with Crippen LogP contribution in [0.2, 0.25) is 0 Å². The fourth-order valence-electron chi connectivity index (χ4n) is 1.99. The largest absolute Gasteiger partial charge is 0.494 e. The summed E-state index contributed by atoms with van der Waals surface area (Å²) in [6.07, 6.45) is 1.52. The number of hydrogen-bond donors (Lipinski definition) is 2. The number of aliphatic carboxylic acids is 1. The molecule has 0 fully saturated rings. The van der Waals surface area contributed by atoms with Crippen LogP contribution in [0.1, 0.15) is 43.7 Å². The number of nitrogens with one attached hydrogen (secondary N) is 1. The maximum atomic E-state index is 11.7. The SMILES string of the molecule is Cc1ccc(OCCCC(=O)NC(C)CCC(=O)O)cc1C. The predicted molar refractivity (Wildman–Crippen MR) is 85.1 cm³/mol. The highest BCUT2D eigenvalue weighted by Gasteiger charge is 2.09. The number of carbonyl (C=O) groups excluding carboxylic acids is 1. The standard InChI is InChI=1S/C17H25NO4/c1-12-6-8-15(11-13(12)2)22-10-4-5-16(19)18-14(3)7-9-17(20)21/h6,8,11,14H,4-5,7,9-10H2,1-3H3,(H,18,19)(H,20,21). The van der Waals surface area contributed by atoms with Gasteiger partial charge in [-0.2, -0.15) is 0 Å². The number of carboxylic acid groups (broad SMARTS) is 1. The maximum Gasteiger partial charge on any atom is 0.303 e. The van der Waals surface area contributed by atoms with Gasteiger partial charge in [0.05, 0.1) is 6.61 Å². The van der Waals surface area contributed by atoms with E-state index in [4.69, 9.17) is 9.84 Å². The summed E-state index contributed by atoms with van der Waals surface area (Å²) in [7, 11) is 0. The number of carboxylic acids is 1. The van der Waals surface area contributed by atoms with Gasteiger partial charge in [0, 0.05) is 18.9 Å². The van der Waals surface area contributed by atoms with Gasteiger partial charge in [-0.05, 0) is 56.9 Å². The maximum absolute atomic E-state index is 11.7. The third-order valence-corrected chi connectivity index (χ3v) is 3.49. The molecule has 1 atom stereocenters. The molecule has 2 N–H and O–H groups in total. The van der Waals surface area contributed by atoms with Crippen molar-refractivity contribution in [3.05, 3.63) is 29.3 Å². The lowest BCUT2D eigenvalue weighted by Gasteiger charge is -2.13. The van der Waals surface area contributed by atoms with E-state index in [1.54, 1.807) is 0 Å². The summed E-state index contributed by atoms with van der Waals surface area (Å²) in [6, 6.07) is 5.81. The van der Waals surface area contributed by atoms with Crippen molar-refractivity contribution in [2.45, 2.75) is 52.5 Å². The second kappa shape index (κ2) is 9.07. The Morgan fingerprint density at radius 2 is 1.95 bits per heavy atom. The van der Waals surface area contributed by atoms with Crippen LogP contribution in [0.25, 0.3) is 0 Å². The van der Waals surface area contributed by atoms with E-state index in [-0.39, 0.29) is 18.4 Å². The second-order valence-electron chi connectivity index (χ2n) is 5.60. The summed E-state index contributed by atoms with van der Waals surface area (Å²) < 4.78 is 5.62. The van der Waals surface area contributed by atoms with Crippen molar-refractivity contribution >= 4 is 11.9 Å². The van der Waals surface area contributed by atoms with Gasteiger partial charge in [0.2, 0.25) is 5.91 Å². The second-order valence-corrected chi connectivity index (χ2v) is 5.60. The number of hydrogen-bond acceptors (Lipinski definition) is 3. The number of benzene rings is 1. The predicted octanol–water partition coefficient (Wildman–Crippen LogP) is 2.83. The lowest BCUT2D eigenvalue weighted by molar-refractivity contribution is -0.137. The zero-order chi connectivity index (χ0) is 16.5. The molecule has 0 saturated heterocycles. The van der Waals surface area contributed by atoms with Crippen LogP contribution in [0.3, 0.4) is 0 Å². The molecule has 0 heterocycles. The third kappa shape index (κ3) is 7.11. The first-order valence-corrected chi connectivity index (χ1v) is 7.59. The molecule has 0 aliphatic carbocycles. The van der Waals surface area contributed by atoms with Crippen LogP contribution in [-0.4, -0.2) is 29.6 Å². The fraction of sp³-hybridized carbons (Fsp3) is 0.529. The lowest BCUT2D eigenvalue weighted by atomic mass is 10.1. The molecule has 0 aromatic heterocycles. The smallest absolute Gasteiger partial charge is 0.303 e. The van der Waals surface area contributed by atoms with Crippen LogP contribution >= 0.6 is 0 Å². The van der Waals surface area contributed by atoms with Crippen LogP contribution in [-0.2, 0) is 9.59 Å². The van der Waals surface area contributed by atoms with Gasteiger partial charge in [-0.15, -0.1) is 0 Å². The molecule has 0 bridgehead atoms. The first-order chi connectivity index (χ1) is 10.4. The third-order valence-electron chi connectivity index (χ3n) is 3.49. The number of rotatable bonds is 9. The molecule has 1 unspecified atom stereocenters. The van der Waals surface area contributed by atoms with Crippen molar-refractivity contribution in [3.63, 3.8) is 0 Å². The average molecular weight is 307 g/mol. The molecule has 5 heteroatoms. The van der Waals surface area contributed by atoms with Crippen LogP contribution in [0, 0.1) is 13.8 Å². The van der Waals surface area contributed by atoms with Crippen LogP contribution in [0.5, 0.6) is 5.75 Å². The summed E-state index contributed by atoms with van der Waals surface area (Å²) in [4.78, 5) is 22.1. The summed E-state index contributed by atoms with van der Waals surface area (Å²) in [6.45, 7) is 6.38. The van der Waals surface area contributed by atoms with Crippen molar-refractivity contribution in [1.29, 1.82) is 0 Å². The van der Waals surface area contributed by atoms with E-state index in [2.05, 4.69) is 12.2 Å². The summed E-state index contributed by atoms with van der Waals surface area (Å²) in [5.74, 6) is -0.0946. The van der Waals surface area contributed by atoms with E-state index in [0.717, 1.165) is 5.75 Å². The minimum absolute atomic E-state index is 0.0668. The minimum Gasteiger partial charge on any atom is -0.494 e. The number of aryl methyl sites for hydroxylation is 2. The lowest BCUT2D eigenvalue weighted by Crippen LogP contribution is -2.32. The average Bonchev–Trinajstić information content (AvgIpc) is 2.45. The monoisotopic (exact) mass is 307 g/mol. The quantitative estimate of drug-likeness (QED) is 0.688. The molecular formula is C17H25NO4. The molecule has 22 heavy (non-hydrogen) atoms. The number of ether oxygens (including phenoxy) is 1. The number of carbonyl (C=O) groups is 2. The first kappa shape index (κ1) is 18.0. The fourth-order valence-corrected chi connectivity index (χ4v) is 1.99. The molecule has 0 radical (unpaired) electrons. The zero-order valence-corrected chi connectivity index (χ0v) is 13.5. The van der Waals surface area contributed by atoms with Gasteiger partial charge in [-0.1, -0.05) is 6.07 Å². The Morgan fingerprint density at radius 3 is 2.59 bits per heavy atom. The van der Waals surface area contributed by atoms with Crippen LogP contribution in [0.15, 0.2) is 18.2 Å². The van der Waals surface area contributed by atoms with Gasteiger partial charge < -0.3 is 15.2 Å².